The topological polar surface area (TPSA) is 76.7 Å². The molecule has 0 aliphatic rings. The Morgan fingerprint density at radius 3 is 2.85 bits per heavy atom. The van der Waals surface area contributed by atoms with E-state index in [4.69, 9.17) is 5.73 Å². The first-order chi connectivity index (χ1) is 9.63. The molecule has 3 aromatic rings. The SMILES string of the molecule is Cc1csc(-c2c(N)nsc2NCc2ncc(C)s2)n1. The first-order valence-electron chi connectivity index (χ1n) is 5.96. The van der Waals surface area contributed by atoms with E-state index < -0.39 is 0 Å². The fourth-order valence-corrected chi connectivity index (χ4v) is 4.10. The minimum absolute atomic E-state index is 0.530. The van der Waals surface area contributed by atoms with Gasteiger partial charge in [0.05, 0.1) is 12.1 Å². The molecule has 0 radical (unpaired) electrons. The number of thiazole rings is 2. The summed E-state index contributed by atoms with van der Waals surface area (Å²) in [5.74, 6) is 0.530. The molecule has 0 saturated carbocycles. The smallest absolute Gasteiger partial charge is 0.149 e. The van der Waals surface area contributed by atoms with Crippen molar-refractivity contribution in [2.45, 2.75) is 20.4 Å². The molecule has 3 rings (SSSR count). The Morgan fingerprint density at radius 1 is 1.35 bits per heavy atom. The summed E-state index contributed by atoms with van der Waals surface area (Å²) in [7, 11) is 0. The molecule has 0 unspecified atom stereocenters. The van der Waals surface area contributed by atoms with E-state index in [0.717, 1.165) is 26.3 Å². The van der Waals surface area contributed by atoms with Crippen molar-refractivity contribution in [1.82, 2.24) is 14.3 Å². The van der Waals surface area contributed by atoms with E-state index in [1.165, 1.54) is 16.4 Å². The van der Waals surface area contributed by atoms with Gasteiger partial charge >= 0.3 is 0 Å². The number of hydrogen-bond acceptors (Lipinski definition) is 8. The molecule has 3 aromatic heterocycles. The monoisotopic (exact) mass is 323 g/mol. The number of nitrogens with zero attached hydrogens (tertiary/aromatic N) is 3. The number of nitrogen functional groups attached to an aromatic ring is 1. The van der Waals surface area contributed by atoms with Crippen molar-refractivity contribution in [2.75, 3.05) is 11.1 Å². The van der Waals surface area contributed by atoms with Gasteiger partial charge in [-0.3, -0.25) is 0 Å². The fourth-order valence-electron chi connectivity index (χ4n) is 1.74. The summed E-state index contributed by atoms with van der Waals surface area (Å²) in [6, 6.07) is 0. The van der Waals surface area contributed by atoms with Gasteiger partial charge in [-0.1, -0.05) is 0 Å². The van der Waals surface area contributed by atoms with Crippen LogP contribution < -0.4 is 11.1 Å². The van der Waals surface area contributed by atoms with E-state index in [1.54, 1.807) is 22.7 Å². The van der Waals surface area contributed by atoms with Crippen LogP contribution in [0, 0.1) is 13.8 Å². The van der Waals surface area contributed by atoms with Gasteiger partial charge < -0.3 is 11.1 Å². The highest BCUT2D eigenvalue weighted by molar-refractivity contribution is 7.15. The summed E-state index contributed by atoms with van der Waals surface area (Å²) in [6.45, 7) is 4.70. The van der Waals surface area contributed by atoms with Gasteiger partial charge in [-0.15, -0.1) is 22.7 Å². The van der Waals surface area contributed by atoms with Crippen LogP contribution >= 0.6 is 34.2 Å². The Bertz CT molecular complexity index is 727. The van der Waals surface area contributed by atoms with E-state index >= 15 is 0 Å². The van der Waals surface area contributed by atoms with Crippen molar-refractivity contribution in [3.05, 3.63) is 27.2 Å². The predicted molar refractivity (Wildman–Crippen MR) is 86.5 cm³/mol. The minimum atomic E-state index is 0.530. The Kier molecular flexibility index (Phi) is 3.68. The second-order valence-corrected chi connectivity index (χ2v) is 7.24. The van der Waals surface area contributed by atoms with Crippen molar-refractivity contribution in [1.29, 1.82) is 0 Å². The van der Waals surface area contributed by atoms with Crippen LogP contribution in [0.4, 0.5) is 10.8 Å². The summed E-state index contributed by atoms with van der Waals surface area (Å²) in [5.41, 5.74) is 7.87. The van der Waals surface area contributed by atoms with Crippen molar-refractivity contribution in [3.8, 4) is 10.6 Å². The summed E-state index contributed by atoms with van der Waals surface area (Å²) in [5, 5.41) is 8.29. The zero-order chi connectivity index (χ0) is 14.1. The van der Waals surface area contributed by atoms with E-state index in [1.807, 2.05) is 18.5 Å². The van der Waals surface area contributed by atoms with Gasteiger partial charge in [-0.2, -0.15) is 4.37 Å². The van der Waals surface area contributed by atoms with Crippen LogP contribution in [-0.2, 0) is 6.54 Å². The van der Waals surface area contributed by atoms with Gasteiger partial charge in [0.25, 0.3) is 0 Å². The van der Waals surface area contributed by atoms with Gasteiger partial charge in [-0.25, -0.2) is 9.97 Å². The molecule has 0 spiro atoms. The molecule has 0 fully saturated rings. The number of anilines is 2. The molecule has 0 aliphatic carbocycles. The zero-order valence-electron chi connectivity index (χ0n) is 11.0. The van der Waals surface area contributed by atoms with Gasteiger partial charge in [-0.05, 0) is 25.4 Å². The van der Waals surface area contributed by atoms with Crippen LogP contribution in [0.1, 0.15) is 15.6 Å². The molecule has 104 valence electrons. The number of nitrogens with two attached hydrogens (primary N) is 1. The lowest BCUT2D eigenvalue weighted by Crippen LogP contribution is -1.98. The van der Waals surface area contributed by atoms with Gasteiger partial charge in [0, 0.05) is 22.1 Å². The maximum atomic E-state index is 5.97. The van der Waals surface area contributed by atoms with Gasteiger partial charge in [0.15, 0.2) is 0 Å². The van der Waals surface area contributed by atoms with Crippen molar-refractivity contribution < 1.29 is 0 Å². The first-order valence-corrected chi connectivity index (χ1v) is 8.43. The summed E-state index contributed by atoms with van der Waals surface area (Å²) < 4.78 is 4.23. The molecule has 0 saturated heterocycles. The van der Waals surface area contributed by atoms with Gasteiger partial charge in [0.2, 0.25) is 0 Å². The predicted octanol–water partition coefficient (Wildman–Crippen LogP) is 3.53. The van der Waals surface area contributed by atoms with Crippen molar-refractivity contribution in [2.24, 2.45) is 0 Å². The highest BCUT2D eigenvalue weighted by atomic mass is 32.1. The Balaban J connectivity index is 1.83. The quantitative estimate of drug-likeness (QED) is 0.768. The summed E-state index contributed by atoms with van der Waals surface area (Å²) >= 11 is 4.63. The van der Waals surface area contributed by atoms with Crippen LogP contribution in [0.25, 0.3) is 10.6 Å². The molecule has 0 bridgehead atoms. The van der Waals surface area contributed by atoms with Gasteiger partial charge in [0.1, 0.15) is 20.8 Å². The molecule has 0 aromatic carbocycles. The van der Waals surface area contributed by atoms with Crippen LogP contribution in [0.2, 0.25) is 0 Å². The number of aromatic nitrogens is 3. The fraction of sp³-hybridized carbons (Fsp3) is 0.250. The number of nitrogens with one attached hydrogen (secondary N) is 1. The molecule has 0 amide bonds. The van der Waals surface area contributed by atoms with E-state index in [0.29, 0.717) is 12.4 Å². The second-order valence-electron chi connectivity index (χ2n) is 4.28. The molecule has 0 atom stereocenters. The molecular formula is C12H13N5S3. The van der Waals surface area contributed by atoms with Crippen LogP contribution in [0.3, 0.4) is 0 Å². The van der Waals surface area contributed by atoms with Crippen molar-refractivity contribution >= 4 is 45.0 Å². The molecule has 8 heteroatoms. The lowest BCUT2D eigenvalue weighted by atomic mass is 10.3. The first kappa shape index (κ1) is 13.5. The Labute approximate surface area is 128 Å². The lowest BCUT2D eigenvalue weighted by Gasteiger charge is -2.03. The molecule has 3 N–H and O–H groups in total. The molecule has 3 heterocycles. The van der Waals surface area contributed by atoms with E-state index in [2.05, 4.69) is 26.6 Å². The summed E-state index contributed by atoms with van der Waals surface area (Å²) in [4.78, 5) is 10.0. The second kappa shape index (κ2) is 5.47. The highest BCUT2D eigenvalue weighted by Crippen LogP contribution is 2.38. The molecular weight excluding hydrogens is 310 g/mol. The molecule has 5 nitrogen and oxygen atoms in total. The Hall–Kier alpha value is -1.51. The zero-order valence-corrected chi connectivity index (χ0v) is 13.5. The average Bonchev–Trinajstić information content (AvgIpc) is 3.09. The van der Waals surface area contributed by atoms with E-state index in [-0.39, 0.29) is 0 Å². The van der Waals surface area contributed by atoms with Crippen molar-refractivity contribution in [3.63, 3.8) is 0 Å². The number of rotatable bonds is 4. The van der Waals surface area contributed by atoms with Crippen LogP contribution in [0.5, 0.6) is 0 Å². The summed E-state index contributed by atoms with van der Waals surface area (Å²) in [6.07, 6.45) is 1.88. The third-order valence-electron chi connectivity index (χ3n) is 2.62. The standard InChI is InChI=1S/C12H13N5S3/c1-6-5-18-12(16-6)9-10(13)17-20-11(9)15-4-8-14-3-7(2)19-8/h3,5,15H,4H2,1-2H3,(H2,13,17). The van der Waals surface area contributed by atoms with Crippen LogP contribution in [0.15, 0.2) is 11.6 Å². The lowest BCUT2D eigenvalue weighted by molar-refractivity contribution is 1.11. The average molecular weight is 323 g/mol. The third-order valence-corrected chi connectivity index (χ3v) is 5.33. The van der Waals surface area contributed by atoms with E-state index in [9.17, 15) is 0 Å². The number of aryl methyl sites for hydroxylation is 2. The minimum Gasteiger partial charge on any atom is -0.382 e. The normalized spacial score (nSPS) is 10.9. The maximum absolute atomic E-state index is 5.97. The van der Waals surface area contributed by atoms with Crippen LogP contribution in [-0.4, -0.2) is 14.3 Å². The molecule has 20 heavy (non-hydrogen) atoms. The largest absolute Gasteiger partial charge is 0.382 e. The Morgan fingerprint density at radius 2 is 2.20 bits per heavy atom. The maximum Gasteiger partial charge on any atom is 0.149 e. The number of hydrogen-bond donors (Lipinski definition) is 2. The highest BCUT2D eigenvalue weighted by Gasteiger charge is 2.16. The third kappa shape index (κ3) is 2.67. The molecule has 0 aliphatic heterocycles.